The van der Waals surface area contributed by atoms with Crippen LogP contribution in [0.25, 0.3) is 11.4 Å². The van der Waals surface area contributed by atoms with Crippen LogP contribution in [-0.4, -0.2) is 50.4 Å². The average Bonchev–Trinajstić information content (AvgIpc) is 3.05. The van der Waals surface area contributed by atoms with Crippen molar-refractivity contribution < 1.29 is 0 Å². The van der Waals surface area contributed by atoms with Crippen LogP contribution in [0.5, 0.6) is 0 Å². The van der Waals surface area contributed by atoms with Gasteiger partial charge in [0.05, 0.1) is 6.67 Å². The molecule has 0 saturated carbocycles. The van der Waals surface area contributed by atoms with Gasteiger partial charge in [-0.2, -0.15) is 5.10 Å². The quantitative estimate of drug-likeness (QED) is 0.577. The molecule has 0 bridgehead atoms. The van der Waals surface area contributed by atoms with E-state index in [-0.39, 0.29) is 0 Å². The van der Waals surface area contributed by atoms with Gasteiger partial charge < -0.3 is 4.90 Å². The standard InChI is InChI=1S/C22H28N6S/c1-3-11-27-21(19-8-6-7-18(2)16-19)24-28(22(27)29)17-25-12-14-26(15-13-25)20-9-4-5-10-23-20/h4-10,16H,3,11-15,17H2,1-2H3. The molecule has 3 heterocycles. The van der Waals surface area contributed by atoms with Crippen LogP contribution in [0, 0.1) is 11.7 Å². The third kappa shape index (κ3) is 4.41. The third-order valence-corrected chi connectivity index (χ3v) is 5.76. The Morgan fingerprint density at radius 1 is 1.03 bits per heavy atom. The summed E-state index contributed by atoms with van der Waals surface area (Å²) in [6.45, 7) is 9.77. The smallest absolute Gasteiger partial charge is 0.199 e. The number of hydrogen-bond donors (Lipinski definition) is 0. The summed E-state index contributed by atoms with van der Waals surface area (Å²) >= 11 is 5.80. The van der Waals surface area contributed by atoms with Crippen LogP contribution in [0.15, 0.2) is 48.7 Å². The molecule has 1 fully saturated rings. The van der Waals surface area contributed by atoms with Crippen LogP contribution < -0.4 is 4.90 Å². The minimum atomic E-state index is 0.727. The molecule has 0 spiro atoms. The lowest BCUT2D eigenvalue weighted by atomic mass is 10.1. The van der Waals surface area contributed by atoms with Crippen molar-refractivity contribution in [1.82, 2.24) is 24.2 Å². The third-order valence-electron chi connectivity index (χ3n) is 5.33. The predicted octanol–water partition coefficient (Wildman–Crippen LogP) is 3.97. The largest absolute Gasteiger partial charge is 0.354 e. The number of pyridine rings is 1. The summed E-state index contributed by atoms with van der Waals surface area (Å²) in [7, 11) is 0. The van der Waals surface area contributed by atoms with Gasteiger partial charge in [-0.3, -0.25) is 9.47 Å². The Hall–Kier alpha value is -2.51. The van der Waals surface area contributed by atoms with Gasteiger partial charge in [-0.05, 0) is 43.8 Å². The second kappa shape index (κ2) is 8.88. The molecule has 0 unspecified atom stereocenters. The first-order valence-corrected chi connectivity index (χ1v) is 10.7. The lowest BCUT2D eigenvalue weighted by Crippen LogP contribution is -2.47. The zero-order valence-corrected chi connectivity index (χ0v) is 18.0. The number of benzene rings is 1. The minimum absolute atomic E-state index is 0.727. The lowest BCUT2D eigenvalue weighted by Gasteiger charge is -2.35. The minimum Gasteiger partial charge on any atom is -0.354 e. The highest BCUT2D eigenvalue weighted by Crippen LogP contribution is 2.21. The summed E-state index contributed by atoms with van der Waals surface area (Å²) in [5, 5.41) is 4.92. The van der Waals surface area contributed by atoms with Gasteiger partial charge >= 0.3 is 0 Å². The molecule has 1 saturated heterocycles. The summed E-state index contributed by atoms with van der Waals surface area (Å²) in [6.07, 6.45) is 2.88. The molecule has 0 aliphatic carbocycles. The van der Waals surface area contributed by atoms with Crippen LogP contribution in [0.3, 0.4) is 0 Å². The number of piperazine rings is 1. The second-order valence-electron chi connectivity index (χ2n) is 7.56. The van der Waals surface area contributed by atoms with Gasteiger partial charge in [0.1, 0.15) is 5.82 Å². The Kier molecular flexibility index (Phi) is 6.06. The number of aromatic nitrogens is 4. The van der Waals surface area contributed by atoms with Crippen molar-refractivity contribution in [2.75, 3.05) is 31.1 Å². The molecule has 1 aromatic carbocycles. The van der Waals surface area contributed by atoms with Crippen molar-refractivity contribution in [2.45, 2.75) is 33.5 Å². The van der Waals surface area contributed by atoms with Gasteiger partial charge in [0, 0.05) is 44.5 Å². The van der Waals surface area contributed by atoms with E-state index in [9.17, 15) is 0 Å². The first-order valence-electron chi connectivity index (χ1n) is 10.3. The van der Waals surface area contributed by atoms with E-state index in [4.69, 9.17) is 17.3 Å². The normalized spacial score (nSPS) is 15.0. The van der Waals surface area contributed by atoms with E-state index in [2.05, 4.69) is 63.5 Å². The molecule has 0 atom stereocenters. The van der Waals surface area contributed by atoms with Crippen molar-refractivity contribution in [3.8, 4) is 11.4 Å². The van der Waals surface area contributed by atoms with Crippen molar-refractivity contribution in [3.05, 3.63) is 59.0 Å². The maximum Gasteiger partial charge on any atom is 0.199 e. The van der Waals surface area contributed by atoms with E-state index in [1.54, 1.807) is 0 Å². The van der Waals surface area contributed by atoms with Gasteiger partial charge in [0.15, 0.2) is 10.6 Å². The Morgan fingerprint density at radius 2 is 1.86 bits per heavy atom. The average molecular weight is 409 g/mol. The molecule has 1 aliphatic heterocycles. The molecule has 6 nitrogen and oxygen atoms in total. The number of rotatable bonds is 6. The van der Waals surface area contributed by atoms with E-state index in [1.807, 2.05) is 23.0 Å². The number of nitrogens with zero attached hydrogens (tertiary/aromatic N) is 6. The van der Waals surface area contributed by atoms with Crippen LogP contribution >= 0.6 is 12.2 Å². The second-order valence-corrected chi connectivity index (χ2v) is 7.93. The lowest BCUT2D eigenvalue weighted by molar-refractivity contribution is 0.194. The number of hydrogen-bond acceptors (Lipinski definition) is 5. The van der Waals surface area contributed by atoms with Crippen LogP contribution in [0.1, 0.15) is 18.9 Å². The summed E-state index contributed by atoms with van der Waals surface area (Å²) in [5.74, 6) is 2.02. The molecular formula is C22H28N6S. The summed E-state index contributed by atoms with van der Waals surface area (Å²) < 4.78 is 4.96. The fraction of sp³-hybridized carbons (Fsp3) is 0.409. The van der Waals surface area contributed by atoms with Gasteiger partial charge in [0.2, 0.25) is 0 Å². The predicted molar refractivity (Wildman–Crippen MR) is 120 cm³/mol. The fourth-order valence-corrected chi connectivity index (χ4v) is 4.08. The SMILES string of the molecule is CCCn1c(-c2cccc(C)c2)nn(CN2CCN(c3ccccn3)CC2)c1=S. The molecule has 0 N–H and O–H groups in total. The molecule has 3 aromatic rings. The monoisotopic (exact) mass is 408 g/mol. The molecule has 152 valence electrons. The zero-order valence-electron chi connectivity index (χ0n) is 17.2. The zero-order chi connectivity index (χ0) is 20.2. The molecule has 0 amide bonds. The first kappa shape index (κ1) is 19.8. The molecule has 1 aliphatic rings. The Labute approximate surface area is 177 Å². The van der Waals surface area contributed by atoms with Crippen LogP contribution in [0.4, 0.5) is 5.82 Å². The van der Waals surface area contributed by atoms with Crippen molar-refractivity contribution in [2.24, 2.45) is 0 Å². The Bertz CT molecular complexity index is 1000. The molecule has 7 heteroatoms. The first-order chi connectivity index (χ1) is 14.2. The molecular weight excluding hydrogens is 380 g/mol. The molecule has 4 rings (SSSR count). The van der Waals surface area contributed by atoms with Crippen molar-refractivity contribution in [3.63, 3.8) is 0 Å². The van der Waals surface area contributed by atoms with E-state index < -0.39 is 0 Å². The van der Waals surface area contributed by atoms with Gasteiger partial charge in [0.25, 0.3) is 0 Å². The van der Waals surface area contributed by atoms with Crippen molar-refractivity contribution in [1.29, 1.82) is 0 Å². The molecule has 29 heavy (non-hydrogen) atoms. The van der Waals surface area contributed by atoms with E-state index in [1.165, 1.54) is 5.56 Å². The molecule has 2 aromatic heterocycles. The maximum absolute atomic E-state index is 5.80. The Morgan fingerprint density at radius 3 is 2.55 bits per heavy atom. The number of aryl methyl sites for hydroxylation is 1. The van der Waals surface area contributed by atoms with E-state index in [0.717, 1.165) is 67.8 Å². The maximum atomic E-state index is 5.80. The van der Waals surface area contributed by atoms with Crippen molar-refractivity contribution >= 4 is 18.0 Å². The number of anilines is 1. The topological polar surface area (TPSA) is 42.1 Å². The van der Waals surface area contributed by atoms with Gasteiger partial charge in [-0.25, -0.2) is 9.67 Å². The fourth-order valence-electron chi connectivity index (χ4n) is 3.80. The van der Waals surface area contributed by atoms with E-state index >= 15 is 0 Å². The van der Waals surface area contributed by atoms with Gasteiger partial charge in [-0.1, -0.05) is 36.8 Å². The van der Waals surface area contributed by atoms with Crippen LogP contribution in [0.2, 0.25) is 0 Å². The highest BCUT2D eigenvalue weighted by Gasteiger charge is 2.20. The van der Waals surface area contributed by atoms with Crippen LogP contribution in [-0.2, 0) is 13.2 Å². The summed E-state index contributed by atoms with van der Waals surface area (Å²) in [5.41, 5.74) is 2.36. The highest BCUT2D eigenvalue weighted by molar-refractivity contribution is 7.71. The highest BCUT2D eigenvalue weighted by atomic mass is 32.1. The van der Waals surface area contributed by atoms with E-state index in [0.29, 0.717) is 0 Å². The van der Waals surface area contributed by atoms with Gasteiger partial charge in [-0.15, -0.1) is 0 Å². The molecule has 0 radical (unpaired) electrons. The summed E-state index contributed by atoms with van der Waals surface area (Å²) in [4.78, 5) is 9.22. The summed E-state index contributed by atoms with van der Waals surface area (Å²) in [6, 6.07) is 14.6. The Balaban J connectivity index is 1.51.